The number of aliphatic imine (C=N–C) groups is 1. The molecule has 0 aliphatic carbocycles. The van der Waals surface area contributed by atoms with Crippen molar-refractivity contribution >= 4 is 29.9 Å². The maximum absolute atomic E-state index is 13.9. The molecule has 2 N–H and O–H groups in total. The Hall–Kier alpha value is -0.930. The number of nitrogens with zero attached hydrogens (tertiary/aromatic N) is 3. The number of hydrogen-bond acceptors (Lipinski definition) is 3. The second kappa shape index (κ2) is 12.5. The van der Waals surface area contributed by atoms with Crippen molar-refractivity contribution in [1.29, 1.82) is 0 Å². The Morgan fingerprint density at radius 2 is 1.78 bits per heavy atom. The molecule has 1 aromatic carbocycles. The topological polar surface area (TPSA) is 42.9 Å². The summed E-state index contributed by atoms with van der Waals surface area (Å²) < 4.78 is 13.9. The first kappa shape index (κ1) is 25.7. The van der Waals surface area contributed by atoms with Crippen LogP contribution in [0, 0.1) is 11.7 Å². The van der Waals surface area contributed by atoms with Crippen LogP contribution in [0.25, 0.3) is 0 Å². The highest BCUT2D eigenvalue weighted by Crippen LogP contribution is 2.32. The molecule has 3 saturated heterocycles. The van der Waals surface area contributed by atoms with Gasteiger partial charge < -0.3 is 15.5 Å². The number of hydrogen-bond donors (Lipinski definition) is 2. The van der Waals surface area contributed by atoms with Crippen molar-refractivity contribution in [2.45, 2.75) is 76.5 Å². The lowest BCUT2D eigenvalue weighted by Gasteiger charge is -2.47. The van der Waals surface area contributed by atoms with Crippen LogP contribution >= 0.6 is 24.0 Å². The maximum atomic E-state index is 13.9. The second-order valence-electron chi connectivity index (χ2n) is 9.75. The van der Waals surface area contributed by atoms with Gasteiger partial charge in [0.25, 0.3) is 0 Å². The molecule has 7 heteroatoms. The van der Waals surface area contributed by atoms with Gasteiger partial charge in [-0.1, -0.05) is 24.6 Å². The molecule has 0 radical (unpaired) electrons. The lowest BCUT2D eigenvalue weighted by Crippen LogP contribution is -2.56. The zero-order valence-corrected chi connectivity index (χ0v) is 22.1. The van der Waals surface area contributed by atoms with Crippen LogP contribution in [0.2, 0.25) is 0 Å². The van der Waals surface area contributed by atoms with E-state index in [-0.39, 0.29) is 29.8 Å². The molecular weight excluding hydrogens is 516 g/mol. The van der Waals surface area contributed by atoms with E-state index in [0.29, 0.717) is 18.5 Å². The number of benzene rings is 1. The van der Waals surface area contributed by atoms with Gasteiger partial charge in [-0.3, -0.25) is 9.89 Å². The molecule has 3 aliphatic rings. The Bertz CT molecular complexity index is 723. The van der Waals surface area contributed by atoms with Crippen molar-refractivity contribution in [3.05, 3.63) is 35.6 Å². The number of piperidine rings is 3. The van der Waals surface area contributed by atoms with Crippen molar-refractivity contribution in [2.24, 2.45) is 10.9 Å². The van der Waals surface area contributed by atoms with Crippen molar-refractivity contribution in [1.82, 2.24) is 20.4 Å². The number of rotatable bonds is 6. The lowest BCUT2D eigenvalue weighted by molar-refractivity contribution is 0.0526. The molecule has 5 nitrogen and oxygen atoms in total. The monoisotopic (exact) mass is 557 g/mol. The van der Waals surface area contributed by atoms with E-state index in [1.807, 2.05) is 12.1 Å². The number of likely N-dealkylation sites (tertiary alicyclic amines) is 1. The van der Waals surface area contributed by atoms with Gasteiger partial charge in [0.1, 0.15) is 5.82 Å². The molecule has 0 saturated carbocycles. The van der Waals surface area contributed by atoms with E-state index >= 15 is 0 Å². The summed E-state index contributed by atoms with van der Waals surface area (Å²) in [5.74, 6) is 1.52. The number of halogens is 2. The Balaban J connectivity index is 0.00000289. The first-order valence-electron chi connectivity index (χ1n) is 12.3. The Morgan fingerprint density at radius 3 is 2.44 bits per heavy atom. The summed E-state index contributed by atoms with van der Waals surface area (Å²) in [6.07, 6.45) is 8.79. The van der Waals surface area contributed by atoms with E-state index in [2.05, 4.69) is 34.4 Å². The van der Waals surface area contributed by atoms with Gasteiger partial charge in [0.05, 0.1) is 0 Å². The minimum atomic E-state index is -0.0892. The highest BCUT2D eigenvalue weighted by atomic mass is 127. The number of nitrogens with one attached hydrogen (secondary N) is 2. The number of fused-ring (bicyclic) bond motifs is 2. The molecule has 0 spiro atoms. The van der Waals surface area contributed by atoms with Gasteiger partial charge >= 0.3 is 0 Å². The van der Waals surface area contributed by atoms with E-state index in [0.717, 1.165) is 62.6 Å². The third-order valence-electron chi connectivity index (χ3n) is 7.59. The summed E-state index contributed by atoms with van der Waals surface area (Å²) in [6.45, 7) is 6.68. The second-order valence-corrected chi connectivity index (χ2v) is 9.75. The fourth-order valence-electron chi connectivity index (χ4n) is 5.66. The summed E-state index contributed by atoms with van der Waals surface area (Å²) in [6, 6.07) is 9.13. The first-order chi connectivity index (χ1) is 15.1. The lowest BCUT2D eigenvalue weighted by atomic mass is 9.82. The average molecular weight is 558 g/mol. The van der Waals surface area contributed by atoms with Crippen LogP contribution in [-0.4, -0.2) is 67.1 Å². The molecule has 0 aromatic heterocycles. The van der Waals surface area contributed by atoms with Crippen LogP contribution in [0.5, 0.6) is 0 Å². The zero-order chi connectivity index (χ0) is 21.6. The highest BCUT2D eigenvalue weighted by Gasteiger charge is 2.36. The summed E-state index contributed by atoms with van der Waals surface area (Å²) in [5, 5.41) is 7.22. The fraction of sp³-hybridized carbons (Fsp3) is 0.720. The molecule has 32 heavy (non-hydrogen) atoms. The molecule has 2 unspecified atom stereocenters. The van der Waals surface area contributed by atoms with Gasteiger partial charge in [0.15, 0.2) is 5.96 Å². The predicted octanol–water partition coefficient (Wildman–Crippen LogP) is 4.23. The quantitative estimate of drug-likeness (QED) is 0.312. The molecule has 1 aromatic rings. The minimum Gasteiger partial charge on any atom is -0.357 e. The van der Waals surface area contributed by atoms with Crippen LogP contribution in [-0.2, 0) is 6.54 Å². The largest absolute Gasteiger partial charge is 0.357 e. The Morgan fingerprint density at radius 1 is 1.09 bits per heavy atom. The SMILES string of the molecule is CCNC(=NCC1CCN(Cc2ccccc2F)CC1)NC1CC2CCCC(C1)N2C.I. The Labute approximate surface area is 210 Å². The van der Waals surface area contributed by atoms with Crippen LogP contribution in [0.1, 0.15) is 57.4 Å². The van der Waals surface area contributed by atoms with Crippen LogP contribution < -0.4 is 10.6 Å². The molecule has 4 rings (SSSR count). The molecule has 0 amide bonds. The van der Waals surface area contributed by atoms with E-state index in [9.17, 15) is 4.39 Å². The summed E-state index contributed by atoms with van der Waals surface area (Å²) in [4.78, 5) is 9.96. The number of guanidine groups is 1. The van der Waals surface area contributed by atoms with E-state index in [1.165, 1.54) is 32.1 Å². The molecule has 3 fully saturated rings. The van der Waals surface area contributed by atoms with Crippen molar-refractivity contribution in [2.75, 3.05) is 33.2 Å². The van der Waals surface area contributed by atoms with Crippen molar-refractivity contribution in [3.63, 3.8) is 0 Å². The average Bonchev–Trinajstić information content (AvgIpc) is 2.75. The summed E-state index contributed by atoms with van der Waals surface area (Å²) in [5.41, 5.74) is 0.806. The van der Waals surface area contributed by atoms with Crippen molar-refractivity contribution < 1.29 is 4.39 Å². The van der Waals surface area contributed by atoms with Gasteiger partial charge in [0.2, 0.25) is 0 Å². The standard InChI is InChI=1S/C25H40FN5.HI/c1-3-27-25(29-21-15-22-8-6-9-23(16-21)30(22)2)28-17-19-11-13-31(14-12-19)18-20-7-4-5-10-24(20)26;/h4-5,7,10,19,21-23H,3,6,8-9,11-18H2,1-2H3,(H2,27,28,29);1H. The first-order valence-corrected chi connectivity index (χ1v) is 12.3. The Kier molecular flexibility index (Phi) is 10.0. The highest BCUT2D eigenvalue weighted by molar-refractivity contribution is 14.0. The van der Waals surface area contributed by atoms with Crippen LogP contribution in [0.4, 0.5) is 4.39 Å². The van der Waals surface area contributed by atoms with E-state index in [1.54, 1.807) is 12.1 Å². The zero-order valence-electron chi connectivity index (χ0n) is 19.7. The van der Waals surface area contributed by atoms with Gasteiger partial charge in [-0.15, -0.1) is 24.0 Å². The van der Waals surface area contributed by atoms with Crippen LogP contribution in [0.15, 0.2) is 29.3 Å². The molecule has 3 aliphatic heterocycles. The van der Waals surface area contributed by atoms with E-state index < -0.39 is 0 Å². The normalized spacial score (nSPS) is 27.6. The molecular formula is C25H41FIN5. The van der Waals surface area contributed by atoms with Crippen LogP contribution in [0.3, 0.4) is 0 Å². The van der Waals surface area contributed by atoms with Gasteiger partial charge in [-0.2, -0.15) is 0 Å². The maximum Gasteiger partial charge on any atom is 0.191 e. The minimum absolute atomic E-state index is 0. The smallest absolute Gasteiger partial charge is 0.191 e. The third-order valence-corrected chi connectivity index (χ3v) is 7.59. The summed E-state index contributed by atoms with van der Waals surface area (Å²) >= 11 is 0. The predicted molar refractivity (Wildman–Crippen MR) is 141 cm³/mol. The third kappa shape index (κ3) is 6.79. The van der Waals surface area contributed by atoms with Crippen molar-refractivity contribution in [3.8, 4) is 0 Å². The van der Waals surface area contributed by atoms with Gasteiger partial charge in [-0.05, 0) is 77.6 Å². The van der Waals surface area contributed by atoms with E-state index in [4.69, 9.17) is 4.99 Å². The molecule has 2 bridgehead atoms. The summed E-state index contributed by atoms with van der Waals surface area (Å²) in [7, 11) is 2.31. The molecule has 2 atom stereocenters. The molecule has 3 heterocycles. The molecule has 180 valence electrons. The van der Waals surface area contributed by atoms with Gasteiger partial charge in [0, 0.05) is 43.3 Å². The van der Waals surface area contributed by atoms with Gasteiger partial charge in [-0.25, -0.2) is 4.39 Å². The fourth-order valence-corrected chi connectivity index (χ4v) is 5.66.